The third-order valence-corrected chi connectivity index (χ3v) is 4.86. The first kappa shape index (κ1) is 14.1. The van der Waals surface area contributed by atoms with Crippen molar-refractivity contribution in [2.45, 2.75) is 52.4 Å². The van der Waals surface area contributed by atoms with Crippen LogP contribution in [0.1, 0.15) is 51.5 Å². The van der Waals surface area contributed by atoms with Gasteiger partial charge < -0.3 is 5.32 Å². The predicted molar refractivity (Wildman–Crippen MR) is 81.2 cm³/mol. The van der Waals surface area contributed by atoms with E-state index in [2.05, 4.69) is 36.0 Å². The van der Waals surface area contributed by atoms with Crippen molar-refractivity contribution in [1.29, 1.82) is 0 Å². The Balaban J connectivity index is 1.94. The highest BCUT2D eigenvalue weighted by atomic mass is 32.1. The average Bonchev–Trinajstić information content (AvgIpc) is 2.82. The molecular formula is C16H27NS. The van der Waals surface area contributed by atoms with Crippen molar-refractivity contribution in [3.8, 4) is 0 Å². The second-order valence-electron chi connectivity index (χ2n) is 6.39. The summed E-state index contributed by atoms with van der Waals surface area (Å²) in [5.41, 5.74) is 2.09. The maximum absolute atomic E-state index is 3.71. The van der Waals surface area contributed by atoms with Crippen molar-refractivity contribution in [3.05, 3.63) is 22.4 Å². The van der Waals surface area contributed by atoms with Gasteiger partial charge in [0.2, 0.25) is 0 Å². The zero-order valence-corrected chi connectivity index (χ0v) is 12.7. The molecule has 0 radical (unpaired) electrons. The molecule has 0 saturated heterocycles. The van der Waals surface area contributed by atoms with Gasteiger partial charge in [-0.2, -0.15) is 11.3 Å². The van der Waals surface area contributed by atoms with Crippen LogP contribution in [-0.2, 0) is 6.42 Å². The monoisotopic (exact) mass is 265 g/mol. The van der Waals surface area contributed by atoms with Gasteiger partial charge in [0.1, 0.15) is 0 Å². The lowest BCUT2D eigenvalue weighted by Gasteiger charge is -2.38. The number of rotatable bonds is 6. The van der Waals surface area contributed by atoms with Gasteiger partial charge in [-0.05, 0) is 59.5 Å². The van der Waals surface area contributed by atoms with E-state index >= 15 is 0 Å². The first-order valence-electron chi connectivity index (χ1n) is 7.42. The van der Waals surface area contributed by atoms with E-state index < -0.39 is 0 Å². The van der Waals surface area contributed by atoms with Gasteiger partial charge in [0.25, 0.3) is 0 Å². The quantitative estimate of drug-likeness (QED) is 0.799. The Morgan fingerprint density at radius 1 is 1.28 bits per heavy atom. The van der Waals surface area contributed by atoms with Crippen molar-refractivity contribution in [2.75, 3.05) is 13.1 Å². The molecule has 0 atom stereocenters. The molecule has 1 aliphatic rings. The molecule has 1 aliphatic carbocycles. The van der Waals surface area contributed by atoms with E-state index in [1.807, 2.05) is 11.3 Å². The normalized spacial score (nSPS) is 19.3. The lowest BCUT2D eigenvalue weighted by atomic mass is 9.70. The maximum atomic E-state index is 3.71. The Morgan fingerprint density at radius 2 is 2.06 bits per heavy atom. The lowest BCUT2D eigenvalue weighted by Crippen LogP contribution is -2.39. The molecule has 0 aromatic carbocycles. The molecule has 1 aromatic rings. The first-order valence-corrected chi connectivity index (χ1v) is 8.36. The molecule has 1 N–H and O–H groups in total. The van der Waals surface area contributed by atoms with Crippen LogP contribution in [-0.4, -0.2) is 13.1 Å². The van der Waals surface area contributed by atoms with E-state index in [0.717, 1.165) is 12.5 Å². The van der Waals surface area contributed by atoms with Gasteiger partial charge in [0.05, 0.1) is 0 Å². The molecule has 0 aliphatic heterocycles. The molecule has 0 unspecified atom stereocenters. The number of hydrogen-bond donors (Lipinski definition) is 1. The lowest BCUT2D eigenvalue weighted by molar-refractivity contribution is 0.179. The molecule has 0 amide bonds. The number of thiophene rings is 1. The van der Waals surface area contributed by atoms with Crippen LogP contribution in [0.2, 0.25) is 0 Å². The fraction of sp³-hybridized carbons (Fsp3) is 0.750. The van der Waals surface area contributed by atoms with E-state index in [4.69, 9.17) is 0 Å². The fourth-order valence-electron chi connectivity index (χ4n) is 3.17. The van der Waals surface area contributed by atoms with Crippen LogP contribution in [0.15, 0.2) is 16.8 Å². The summed E-state index contributed by atoms with van der Waals surface area (Å²) in [6.07, 6.45) is 8.39. The van der Waals surface area contributed by atoms with Crippen molar-refractivity contribution >= 4 is 11.3 Å². The van der Waals surface area contributed by atoms with Gasteiger partial charge in [-0.3, -0.25) is 0 Å². The standard InChI is InChI=1S/C16H27NS/c1-14(2)11-17-13-16(7-4-3-5-8-16)10-15-6-9-18-12-15/h6,9,12,14,17H,3-5,7-8,10-11,13H2,1-2H3. The third kappa shape index (κ3) is 4.10. The molecule has 1 heterocycles. The van der Waals surface area contributed by atoms with Crippen LogP contribution in [0.4, 0.5) is 0 Å². The topological polar surface area (TPSA) is 12.0 Å². The Labute approximate surface area is 116 Å². The molecule has 2 heteroatoms. The van der Waals surface area contributed by atoms with Crippen LogP contribution in [0.5, 0.6) is 0 Å². The summed E-state index contributed by atoms with van der Waals surface area (Å²) in [5.74, 6) is 0.756. The molecule has 0 bridgehead atoms. The van der Waals surface area contributed by atoms with E-state index in [9.17, 15) is 0 Å². The predicted octanol–water partition coefficient (Wildman–Crippen LogP) is 4.49. The fourth-order valence-corrected chi connectivity index (χ4v) is 3.84. The summed E-state index contributed by atoms with van der Waals surface area (Å²) in [6, 6.07) is 2.31. The van der Waals surface area contributed by atoms with Gasteiger partial charge in [-0.15, -0.1) is 0 Å². The van der Waals surface area contributed by atoms with E-state index in [0.29, 0.717) is 5.41 Å². The number of nitrogens with one attached hydrogen (secondary N) is 1. The molecule has 1 nitrogen and oxygen atoms in total. The molecule has 1 aromatic heterocycles. The summed E-state index contributed by atoms with van der Waals surface area (Å²) in [6.45, 7) is 6.95. The molecular weight excluding hydrogens is 238 g/mol. The van der Waals surface area contributed by atoms with E-state index in [-0.39, 0.29) is 0 Å². The molecule has 1 saturated carbocycles. The highest BCUT2D eigenvalue weighted by molar-refractivity contribution is 7.07. The average molecular weight is 265 g/mol. The van der Waals surface area contributed by atoms with Gasteiger partial charge in [-0.1, -0.05) is 33.1 Å². The summed E-state index contributed by atoms with van der Waals surface area (Å²) in [4.78, 5) is 0. The van der Waals surface area contributed by atoms with Crippen LogP contribution in [0, 0.1) is 11.3 Å². The second kappa shape index (κ2) is 6.72. The second-order valence-corrected chi connectivity index (χ2v) is 7.17. The van der Waals surface area contributed by atoms with Crippen LogP contribution in [0.3, 0.4) is 0 Å². The summed E-state index contributed by atoms with van der Waals surface area (Å²) < 4.78 is 0. The first-order chi connectivity index (χ1) is 8.70. The summed E-state index contributed by atoms with van der Waals surface area (Å²) in [7, 11) is 0. The SMILES string of the molecule is CC(C)CNCC1(Cc2ccsc2)CCCCC1. The Kier molecular flexibility index (Phi) is 5.25. The largest absolute Gasteiger partial charge is 0.316 e. The molecule has 1 fully saturated rings. The van der Waals surface area contributed by atoms with Crippen LogP contribution in [0.25, 0.3) is 0 Å². The van der Waals surface area contributed by atoms with Gasteiger partial charge in [0, 0.05) is 6.54 Å². The van der Waals surface area contributed by atoms with E-state index in [1.165, 1.54) is 45.1 Å². The van der Waals surface area contributed by atoms with Crippen molar-refractivity contribution < 1.29 is 0 Å². The van der Waals surface area contributed by atoms with Gasteiger partial charge in [0.15, 0.2) is 0 Å². The minimum atomic E-state index is 0.536. The van der Waals surface area contributed by atoms with E-state index in [1.54, 1.807) is 5.56 Å². The maximum Gasteiger partial charge on any atom is 0.00111 e. The zero-order valence-electron chi connectivity index (χ0n) is 11.9. The summed E-state index contributed by atoms with van der Waals surface area (Å²) in [5, 5.41) is 8.26. The highest BCUT2D eigenvalue weighted by Gasteiger charge is 2.31. The molecule has 18 heavy (non-hydrogen) atoms. The zero-order chi connectivity index (χ0) is 12.8. The van der Waals surface area contributed by atoms with Crippen LogP contribution < -0.4 is 5.32 Å². The molecule has 0 spiro atoms. The Morgan fingerprint density at radius 3 is 2.67 bits per heavy atom. The third-order valence-electron chi connectivity index (χ3n) is 4.13. The minimum absolute atomic E-state index is 0.536. The Bertz CT molecular complexity index is 323. The van der Waals surface area contributed by atoms with Gasteiger partial charge in [-0.25, -0.2) is 0 Å². The van der Waals surface area contributed by atoms with Crippen molar-refractivity contribution in [2.24, 2.45) is 11.3 Å². The van der Waals surface area contributed by atoms with Gasteiger partial charge >= 0.3 is 0 Å². The molecule has 2 rings (SSSR count). The highest BCUT2D eigenvalue weighted by Crippen LogP contribution is 2.39. The summed E-state index contributed by atoms with van der Waals surface area (Å²) >= 11 is 1.84. The smallest absolute Gasteiger partial charge is 0.00111 e. The molecule has 102 valence electrons. The number of hydrogen-bond acceptors (Lipinski definition) is 2. The Hall–Kier alpha value is -0.340. The minimum Gasteiger partial charge on any atom is -0.316 e. The van der Waals surface area contributed by atoms with Crippen LogP contribution >= 0.6 is 11.3 Å². The van der Waals surface area contributed by atoms with Crippen molar-refractivity contribution in [3.63, 3.8) is 0 Å². The van der Waals surface area contributed by atoms with Crippen molar-refractivity contribution in [1.82, 2.24) is 5.32 Å².